The lowest BCUT2D eigenvalue weighted by atomic mass is 10.1. The van der Waals surface area contributed by atoms with E-state index in [1.807, 2.05) is 32.2 Å². The molecule has 0 aromatic heterocycles. The number of nitrogens with zero attached hydrogens (tertiary/aromatic N) is 3. The van der Waals surface area contributed by atoms with Crippen LogP contribution in [0.4, 0.5) is 11.4 Å². The highest BCUT2D eigenvalue weighted by Crippen LogP contribution is 2.34. The van der Waals surface area contributed by atoms with E-state index in [9.17, 15) is 18.0 Å². The van der Waals surface area contributed by atoms with E-state index in [0.717, 1.165) is 5.56 Å². The lowest BCUT2D eigenvalue weighted by Crippen LogP contribution is -2.46. The fourth-order valence-electron chi connectivity index (χ4n) is 4.26. The minimum Gasteiger partial charge on any atom is -0.495 e. The predicted molar refractivity (Wildman–Crippen MR) is 130 cm³/mol. The molecule has 182 valence electrons. The van der Waals surface area contributed by atoms with Crippen LogP contribution in [0.1, 0.15) is 12.0 Å². The van der Waals surface area contributed by atoms with Gasteiger partial charge in [0.05, 0.1) is 23.6 Å². The van der Waals surface area contributed by atoms with Gasteiger partial charge in [-0.2, -0.15) is 4.31 Å². The molecular weight excluding hydrogens is 456 g/mol. The molecule has 2 amide bonds. The number of benzene rings is 2. The number of piperazine rings is 1. The number of carbonyl (C=O) groups is 2. The molecule has 0 aliphatic carbocycles. The minimum absolute atomic E-state index is 0.0960. The lowest BCUT2D eigenvalue weighted by molar-refractivity contribution is -0.122. The van der Waals surface area contributed by atoms with E-state index in [0.29, 0.717) is 43.3 Å². The number of carbonyl (C=O) groups excluding carboxylic acids is 2. The van der Waals surface area contributed by atoms with E-state index in [1.165, 1.54) is 16.4 Å². The first-order valence-corrected chi connectivity index (χ1v) is 12.7. The third-order valence-corrected chi connectivity index (χ3v) is 8.26. The summed E-state index contributed by atoms with van der Waals surface area (Å²) in [7, 11) is -0.0547. The molecule has 0 saturated carbocycles. The fourth-order valence-corrected chi connectivity index (χ4v) is 5.68. The smallest absolute Gasteiger partial charge is 0.243 e. The maximum absolute atomic E-state index is 12.9. The number of sulfonamides is 1. The maximum atomic E-state index is 12.9. The predicted octanol–water partition coefficient (Wildman–Crippen LogP) is 1.93. The van der Waals surface area contributed by atoms with Crippen LogP contribution in [-0.4, -0.2) is 76.3 Å². The Labute approximate surface area is 200 Å². The van der Waals surface area contributed by atoms with Crippen molar-refractivity contribution in [3.05, 3.63) is 48.0 Å². The molecular formula is C24H30N4O5S. The van der Waals surface area contributed by atoms with E-state index in [4.69, 9.17) is 4.74 Å². The van der Waals surface area contributed by atoms with Gasteiger partial charge in [-0.3, -0.25) is 9.59 Å². The summed E-state index contributed by atoms with van der Waals surface area (Å²) in [6.07, 6.45) is 0.0960. The van der Waals surface area contributed by atoms with E-state index in [2.05, 4.69) is 10.2 Å². The Balaban J connectivity index is 1.42. The molecule has 0 radical (unpaired) electrons. The number of rotatable bonds is 6. The van der Waals surface area contributed by atoms with Gasteiger partial charge < -0.3 is 19.9 Å². The van der Waals surface area contributed by atoms with Crippen LogP contribution in [0.2, 0.25) is 0 Å². The fraction of sp³-hybridized carbons (Fsp3) is 0.417. The van der Waals surface area contributed by atoms with Crippen molar-refractivity contribution < 1.29 is 22.7 Å². The molecule has 2 aromatic rings. The number of likely N-dealkylation sites (N-methyl/N-ethyl adjacent to an activating group) is 1. The second kappa shape index (κ2) is 9.73. The number of aryl methyl sites for hydroxylation is 1. The quantitative estimate of drug-likeness (QED) is 0.670. The van der Waals surface area contributed by atoms with Crippen LogP contribution in [0.15, 0.2) is 47.4 Å². The Kier molecular flexibility index (Phi) is 6.92. The van der Waals surface area contributed by atoms with Crippen molar-refractivity contribution >= 4 is 33.2 Å². The highest BCUT2D eigenvalue weighted by atomic mass is 32.2. The van der Waals surface area contributed by atoms with Crippen molar-refractivity contribution in [3.8, 4) is 5.75 Å². The van der Waals surface area contributed by atoms with Crippen LogP contribution in [0, 0.1) is 12.8 Å². The summed E-state index contributed by atoms with van der Waals surface area (Å²) in [6, 6.07) is 11.8. The topological polar surface area (TPSA) is 99.3 Å². The molecule has 0 spiro atoms. The van der Waals surface area contributed by atoms with Crippen LogP contribution in [0.3, 0.4) is 0 Å². The number of nitrogens with one attached hydrogen (secondary N) is 1. The Bertz CT molecular complexity index is 1170. The first-order valence-electron chi connectivity index (χ1n) is 11.2. The van der Waals surface area contributed by atoms with Gasteiger partial charge in [-0.25, -0.2) is 8.42 Å². The number of hydrogen-bond donors (Lipinski definition) is 1. The average Bonchev–Trinajstić information content (AvgIpc) is 3.21. The summed E-state index contributed by atoms with van der Waals surface area (Å²) in [5.74, 6) is -0.363. The van der Waals surface area contributed by atoms with Crippen molar-refractivity contribution in [1.82, 2.24) is 9.21 Å². The second-order valence-corrected chi connectivity index (χ2v) is 10.7. The molecule has 2 saturated heterocycles. The number of methoxy groups -OCH3 is 1. The summed E-state index contributed by atoms with van der Waals surface area (Å²) in [5.41, 5.74) is 2.13. The molecule has 1 atom stereocenters. The van der Waals surface area contributed by atoms with Crippen LogP contribution in [-0.2, 0) is 19.6 Å². The molecule has 34 heavy (non-hydrogen) atoms. The van der Waals surface area contributed by atoms with Gasteiger partial charge in [0.1, 0.15) is 5.75 Å². The van der Waals surface area contributed by atoms with Crippen molar-refractivity contribution in [3.63, 3.8) is 0 Å². The third kappa shape index (κ3) is 4.94. The van der Waals surface area contributed by atoms with Crippen molar-refractivity contribution in [2.24, 2.45) is 5.92 Å². The standard InChI is InChI=1S/C24H30N4O5S/c1-17-4-9-22(33-3)21(14-17)28-16-18(15-23(28)29)24(30)25-19-5-7-20(8-6-19)34(31,32)27-12-10-26(2)11-13-27/h4-9,14,18H,10-13,15-16H2,1-3H3,(H,25,30). The molecule has 1 unspecified atom stereocenters. The van der Waals surface area contributed by atoms with Crippen molar-refractivity contribution in [1.29, 1.82) is 0 Å². The molecule has 4 rings (SSSR count). The van der Waals surface area contributed by atoms with Gasteiger partial charge in [0.2, 0.25) is 21.8 Å². The van der Waals surface area contributed by atoms with Crippen molar-refractivity contribution in [2.75, 3.05) is 57.1 Å². The number of anilines is 2. The highest BCUT2D eigenvalue weighted by Gasteiger charge is 2.36. The number of amides is 2. The summed E-state index contributed by atoms with van der Waals surface area (Å²) in [5, 5.41) is 2.82. The van der Waals surface area contributed by atoms with Crippen LogP contribution < -0.4 is 15.0 Å². The summed E-state index contributed by atoms with van der Waals surface area (Å²) in [4.78, 5) is 29.4. The largest absolute Gasteiger partial charge is 0.495 e. The average molecular weight is 487 g/mol. The van der Waals surface area contributed by atoms with Crippen LogP contribution in [0.5, 0.6) is 5.75 Å². The van der Waals surface area contributed by atoms with E-state index in [1.54, 1.807) is 24.1 Å². The molecule has 9 nitrogen and oxygen atoms in total. The lowest BCUT2D eigenvalue weighted by Gasteiger charge is -2.31. The summed E-state index contributed by atoms with van der Waals surface area (Å²) >= 11 is 0. The van der Waals surface area contributed by atoms with Crippen molar-refractivity contribution in [2.45, 2.75) is 18.2 Å². The van der Waals surface area contributed by atoms with Gasteiger partial charge in [-0.05, 0) is 55.9 Å². The maximum Gasteiger partial charge on any atom is 0.243 e. The van der Waals surface area contributed by atoms with E-state index < -0.39 is 15.9 Å². The Morgan fingerprint density at radius 1 is 1.06 bits per heavy atom. The van der Waals surface area contributed by atoms with Gasteiger partial charge in [0.15, 0.2) is 0 Å². The zero-order valence-electron chi connectivity index (χ0n) is 19.7. The van der Waals surface area contributed by atoms with E-state index >= 15 is 0 Å². The zero-order valence-corrected chi connectivity index (χ0v) is 20.5. The van der Waals surface area contributed by atoms with Crippen LogP contribution >= 0.6 is 0 Å². The summed E-state index contributed by atoms with van der Waals surface area (Å²) in [6.45, 7) is 4.48. The second-order valence-electron chi connectivity index (χ2n) is 8.80. The molecule has 1 N–H and O–H groups in total. The van der Waals surface area contributed by atoms with E-state index in [-0.39, 0.29) is 29.7 Å². The first-order chi connectivity index (χ1) is 16.2. The summed E-state index contributed by atoms with van der Waals surface area (Å²) < 4.78 is 32.6. The Morgan fingerprint density at radius 2 is 1.74 bits per heavy atom. The Hall–Kier alpha value is -2.95. The minimum atomic E-state index is -3.57. The van der Waals surface area contributed by atoms with Crippen LogP contribution in [0.25, 0.3) is 0 Å². The third-order valence-electron chi connectivity index (χ3n) is 6.34. The molecule has 2 aromatic carbocycles. The molecule has 2 aliphatic rings. The molecule has 2 aliphatic heterocycles. The highest BCUT2D eigenvalue weighted by molar-refractivity contribution is 7.89. The molecule has 2 heterocycles. The SMILES string of the molecule is COc1ccc(C)cc1N1CC(C(=O)Nc2ccc(S(=O)(=O)N3CCN(C)CC3)cc2)CC1=O. The zero-order chi connectivity index (χ0) is 24.5. The normalized spacial score (nSPS) is 19.9. The van der Waals surface area contributed by atoms with Gasteiger partial charge >= 0.3 is 0 Å². The van der Waals surface area contributed by atoms with Gasteiger partial charge in [0.25, 0.3) is 0 Å². The Morgan fingerprint density at radius 3 is 2.38 bits per heavy atom. The number of hydrogen-bond acceptors (Lipinski definition) is 6. The molecule has 0 bridgehead atoms. The molecule has 2 fully saturated rings. The van der Waals surface area contributed by atoms with Gasteiger partial charge in [-0.15, -0.1) is 0 Å². The number of ether oxygens (including phenoxy) is 1. The molecule has 10 heteroatoms. The first kappa shape index (κ1) is 24.2. The monoisotopic (exact) mass is 486 g/mol. The van der Waals surface area contributed by atoms with Gasteiger partial charge in [0, 0.05) is 44.8 Å². The van der Waals surface area contributed by atoms with Gasteiger partial charge in [-0.1, -0.05) is 6.07 Å².